The summed E-state index contributed by atoms with van der Waals surface area (Å²) >= 11 is 0. The number of nitrogens with zero attached hydrogens (tertiary/aromatic N) is 3. The normalized spacial score (nSPS) is 18.5. The minimum absolute atomic E-state index is 0. The van der Waals surface area contributed by atoms with Crippen LogP contribution in [0.2, 0.25) is 0 Å². The first-order chi connectivity index (χ1) is 29.4. The van der Waals surface area contributed by atoms with Gasteiger partial charge in [0.25, 0.3) is 0 Å². The monoisotopic (exact) mass is 1030 g/mol. The molecule has 0 spiro atoms. The molecule has 5 aromatic carbocycles. The molecular formula is C58H63N3O2Pt. The van der Waals surface area contributed by atoms with E-state index in [9.17, 15) is 0 Å². The van der Waals surface area contributed by atoms with E-state index in [4.69, 9.17) is 19.5 Å². The first kappa shape index (κ1) is 45.6. The Kier molecular flexibility index (Phi) is 10.9. The number of aromatic nitrogens is 2. The topological polar surface area (TPSA) is 48.6 Å². The second-order valence-corrected chi connectivity index (χ2v) is 21.9. The van der Waals surface area contributed by atoms with Crippen LogP contribution in [0, 0.1) is 59.1 Å². The van der Waals surface area contributed by atoms with Crippen LogP contribution in [-0.2, 0) is 48.6 Å². The standard InChI is InChI=1S/C58H63N3O2.Pt/c1-33-22-35(3)51(36(4)23-33)39-25-40(53-60-57(16)49-24-34(2)37(5)38(6)48(49)32-58(57,63-53)56(13,14)15)27-44(26-39)62-45-29-42(55(10,11)12)28-43(31-45)61-50-20-19-41(54(7,8)9)30-47(50)46-18-17-21-59-52(46)61;/h17-26,28-30H,32H2,1-16H3;/q-2;+2/t57-,58-;/m1./s1. The second-order valence-electron chi connectivity index (χ2n) is 21.9. The zero-order valence-corrected chi connectivity index (χ0v) is 43.0. The van der Waals surface area contributed by atoms with E-state index in [0.717, 1.165) is 45.3 Å². The maximum absolute atomic E-state index is 7.41. The van der Waals surface area contributed by atoms with Crippen LogP contribution in [0.1, 0.15) is 130 Å². The fourth-order valence-electron chi connectivity index (χ4n) is 10.7. The molecule has 0 unspecified atom stereocenters. The molecule has 2 aromatic heterocycles. The van der Waals surface area contributed by atoms with Crippen molar-refractivity contribution in [2.24, 2.45) is 10.4 Å². The predicted molar refractivity (Wildman–Crippen MR) is 261 cm³/mol. The van der Waals surface area contributed by atoms with Crippen molar-refractivity contribution < 1.29 is 30.5 Å². The molecule has 0 amide bonds. The number of ether oxygens (including phenoxy) is 2. The van der Waals surface area contributed by atoms with Crippen LogP contribution in [0.4, 0.5) is 0 Å². The Morgan fingerprint density at radius 1 is 0.703 bits per heavy atom. The summed E-state index contributed by atoms with van der Waals surface area (Å²) < 4.78 is 16.7. The molecular weight excluding hydrogens is 966 g/mol. The fraction of sp³-hybridized carbons (Fsp3) is 0.379. The van der Waals surface area contributed by atoms with Crippen LogP contribution in [0.3, 0.4) is 0 Å². The molecule has 64 heavy (non-hydrogen) atoms. The van der Waals surface area contributed by atoms with E-state index in [1.165, 1.54) is 61.0 Å². The number of hydrogen-bond donors (Lipinski definition) is 0. The molecule has 332 valence electrons. The van der Waals surface area contributed by atoms with E-state index in [1.807, 2.05) is 12.3 Å². The van der Waals surface area contributed by atoms with Gasteiger partial charge in [-0.25, -0.2) is 4.98 Å². The van der Waals surface area contributed by atoms with Crippen molar-refractivity contribution in [3.8, 4) is 28.3 Å². The van der Waals surface area contributed by atoms with Gasteiger partial charge in [-0.1, -0.05) is 121 Å². The molecule has 1 aliphatic heterocycles. The zero-order chi connectivity index (χ0) is 45.3. The average Bonchev–Trinajstić information content (AvgIpc) is 3.78. The first-order valence-electron chi connectivity index (χ1n) is 22.6. The Bertz CT molecular complexity index is 3050. The van der Waals surface area contributed by atoms with Crippen molar-refractivity contribution in [1.82, 2.24) is 9.55 Å². The third-order valence-corrected chi connectivity index (χ3v) is 14.4. The average molecular weight is 1030 g/mol. The predicted octanol–water partition coefficient (Wildman–Crippen LogP) is 14.7. The summed E-state index contributed by atoms with van der Waals surface area (Å²) in [7, 11) is 0. The molecule has 0 fully saturated rings. The van der Waals surface area contributed by atoms with Crippen molar-refractivity contribution in [3.05, 3.63) is 152 Å². The third-order valence-electron chi connectivity index (χ3n) is 14.4. The van der Waals surface area contributed by atoms with Crippen LogP contribution in [0.5, 0.6) is 11.5 Å². The van der Waals surface area contributed by atoms with Gasteiger partial charge in [0.1, 0.15) is 22.7 Å². The van der Waals surface area contributed by atoms with E-state index in [1.54, 1.807) is 0 Å². The number of hydrogen-bond acceptors (Lipinski definition) is 4. The Morgan fingerprint density at radius 3 is 2.03 bits per heavy atom. The fourth-order valence-corrected chi connectivity index (χ4v) is 10.7. The van der Waals surface area contributed by atoms with E-state index in [2.05, 4.69) is 194 Å². The molecule has 9 rings (SSSR count). The molecule has 0 radical (unpaired) electrons. The van der Waals surface area contributed by atoms with E-state index < -0.39 is 11.1 Å². The summed E-state index contributed by atoms with van der Waals surface area (Å²) in [5.74, 6) is 1.78. The largest absolute Gasteiger partial charge is 2.00 e. The molecule has 5 nitrogen and oxygen atoms in total. The summed E-state index contributed by atoms with van der Waals surface area (Å²) in [6.45, 7) is 35.9. The smallest absolute Gasteiger partial charge is 0.510 e. The Morgan fingerprint density at radius 2 is 1.38 bits per heavy atom. The molecule has 6 heteroatoms. The van der Waals surface area contributed by atoms with Gasteiger partial charge in [0.2, 0.25) is 0 Å². The summed E-state index contributed by atoms with van der Waals surface area (Å²) in [5.41, 5.74) is 16.8. The molecule has 0 bridgehead atoms. The van der Waals surface area contributed by atoms with Crippen molar-refractivity contribution in [1.29, 1.82) is 0 Å². The van der Waals surface area contributed by atoms with Crippen LogP contribution < -0.4 is 4.74 Å². The van der Waals surface area contributed by atoms with Crippen LogP contribution in [0.25, 0.3) is 38.8 Å². The van der Waals surface area contributed by atoms with Crippen LogP contribution in [0.15, 0.2) is 84.0 Å². The van der Waals surface area contributed by atoms with Gasteiger partial charge in [0.05, 0.1) is 5.52 Å². The zero-order valence-electron chi connectivity index (χ0n) is 40.7. The minimum atomic E-state index is -0.604. The minimum Gasteiger partial charge on any atom is -0.510 e. The van der Waals surface area contributed by atoms with Gasteiger partial charge in [-0.3, -0.25) is 4.99 Å². The van der Waals surface area contributed by atoms with Gasteiger partial charge in [-0.05, 0) is 134 Å². The number of rotatable bonds is 5. The van der Waals surface area contributed by atoms with Crippen LogP contribution in [-0.4, -0.2) is 21.0 Å². The Labute approximate surface area is 396 Å². The van der Waals surface area contributed by atoms with Crippen molar-refractivity contribution in [3.63, 3.8) is 0 Å². The molecule has 3 heterocycles. The quantitative estimate of drug-likeness (QED) is 0.161. The summed E-state index contributed by atoms with van der Waals surface area (Å²) in [4.78, 5) is 10.6. The van der Waals surface area contributed by atoms with Gasteiger partial charge >= 0.3 is 21.1 Å². The molecule has 0 saturated carbocycles. The van der Waals surface area contributed by atoms with Gasteiger partial charge in [0, 0.05) is 40.3 Å². The second kappa shape index (κ2) is 15.3. The van der Waals surface area contributed by atoms with E-state index >= 15 is 0 Å². The number of pyridine rings is 1. The summed E-state index contributed by atoms with van der Waals surface area (Å²) in [6.07, 6.45) is 2.66. The number of fused-ring (bicyclic) bond motifs is 6. The van der Waals surface area contributed by atoms with E-state index in [0.29, 0.717) is 17.4 Å². The van der Waals surface area contributed by atoms with Gasteiger partial charge in [-0.15, -0.1) is 29.8 Å². The van der Waals surface area contributed by atoms with Gasteiger partial charge in [-0.2, -0.15) is 0 Å². The maximum Gasteiger partial charge on any atom is 2.00 e. The van der Waals surface area contributed by atoms with Gasteiger partial charge < -0.3 is 14.0 Å². The summed E-state index contributed by atoms with van der Waals surface area (Å²) in [6, 6.07) is 34.0. The van der Waals surface area contributed by atoms with Gasteiger partial charge in [0.15, 0.2) is 0 Å². The first-order valence-corrected chi connectivity index (χ1v) is 22.6. The molecule has 0 saturated heterocycles. The third kappa shape index (κ3) is 7.16. The molecule has 1 aliphatic carbocycles. The van der Waals surface area contributed by atoms with E-state index in [-0.39, 0.29) is 37.3 Å². The van der Waals surface area contributed by atoms with Crippen molar-refractivity contribution in [2.45, 2.75) is 139 Å². The van der Waals surface area contributed by atoms with Crippen molar-refractivity contribution >= 4 is 27.8 Å². The van der Waals surface area contributed by atoms with Crippen molar-refractivity contribution in [2.75, 3.05) is 0 Å². The van der Waals surface area contributed by atoms with Crippen LogP contribution >= 0.6 is 0 Å². The Hall–Kier alpha value is -4.99. The molecule has 2 aliphatic rings. The molecule has 2 atom stereocenters. The summed E-state index contributed by atoms with van der Waals surface area (Å²) in [5, 5.41) is 2.28. The Balaban J connectivity index is 0.00000560. The number of aryl methyl sites for hydroxylation is 4. The number of benzene rings is 5. The maximum atomic E-state index is 7.41. The molecule has 0 N–H and O–H groups in total. The molecule has 7 aromatic rings. The number of aliphatic imine (C=N–C) groups is 1. The SMILES string of the molecule is Cc1cc(C)c(-c2cc(Oc3[c-]c(-n4c5ccc(C(C)(C)C)cc5c5cccnc54)cc(C(C)(C)C)c3)[c-]c(C3=N[C@]4(C)c5cc(C)c(C)c(C)c5C[C@]4(C(C)(C)C)O3)c2)c(C)c1.[Pt+2].